The van der Waals surface area contributed by atoms with Crippen LogP contribution in [0.2, 0.25) is 0 Å². The van der Waals surface area contributed by atoms with Crippen LogP contribution < -0.4 is 29.4 Å². The molecule has 0 spiro atoms. The van der Waals surface area contributed by atoms with Gasteiger partial charge in [-0.3, -0.25) is 0 Å². The first kappa shape index (κ1) is 35.0. The second-order valence-electron chi connectivity index (χ2n) is 12.1. The second kappa shape index (κ2) is 14.3. The van der Waals surface area contributed by atoms with Gasteiger partial charge in [-0.1, -0.05) is 42.0 Å². The molecule has 9 rings (SSSR count). The first-order chi connectivity index (χ1) is 24.8. The van der Waals surface area contributed by atoms with E-state index in [0.29, 0.717) is 11.4 Å². The van der Waals surface area contributed by atoms with Crippen LogP contribution in [0.3, 0.4) is 0 Å². The third-order valence-corrected chi connectivity index (χ3v) is 8.84. The number of rotatable bonds is 4. The number of hydrogen-bond donors (Lipinski definition) is 0. The quantitative estimate of drug-likeness (QED) is 0.163. The Bertz CT molecular complexity index is 2020. The molecule has 0 N–H and O–H groups in total. The van der Waals surface area contributed by atoms with E-state index in [-0.39, 0.29) is 20.1 Å². The number of anilines is 10. The van der Waals surface area contributed by atoms with Crippen molar-refractivity contribution in [3.8, 4) is 0 Å². The molecule has 0 fully saturated rings. The summed E-state index contributed by atoms with van der Waals surface area (Å²) < 4.78 is 41.3. The number of alkyl halides is 3. The maximum absolute atomic E-state index is 13.8. The van der Waals surface area contributed by atoms with Crippen molar-refractivity contribution in [1.29, 1.82) is 0 Å². The standard InChI is InChI=1S/C23H18F3N4.C19H13N2.Ir/c1-27-14-29(21-9-5-3-7-19(21)27)17-11-16(23(24,25)26)12-18(13-17)30-15-28(2)20-8-4-6-10-22(20)30;1-3-9-16(10-4-1)20-15-21(17-11-5-2-6-12-17)19-14-8-7-13-18(19)20;/h3-12,14-15H,1-2H3;1-9,11,13-15H;/q2*-3;. The predicted octanol–water partition coefficient (Wildman–Crippen LogP) is 10.6. The molecule has 0 aromatic heterocycles. The number of hydrogen-bond acceptors (Lipinski definition) is 6. The van der Waals surface area contributed by atoms with Crippen LogP contribution in [0.1, 0.15) is 5.56 Å². The fourth-order valence-electron chi connectivity index (χ4n) is 6.44. The minimum atomic E-state index is -4.48. The molecular weight excluding hydrogens is 838 g/mol. The molecule has 0 amide bonds. The molecule has 1 radical (unpaired) electrons. The van der Waals surface area contributed by atoms with Crippen LogP contribution in [0, 0.1) is 38.2 Å². The van der Waals surface area contributed by atoms with Crippen molar-refractivity contribution in [2.45, 2.75) is 6.18 Å². The molecule has 6 aromatic carbocycles. The van der Waals surface area contributed by atoms with Crippen molar-refractivity contribution in [2.75, 3.05) is 43.5 Å². The van der Waals surface area contributed by atoms with Gasteiger partial charge in [0.15, 0.2) is 0 Å². The Kier molecular flexibility index (Phi) is 9.61. The fraction of sp³-hybridized carbons (Fsp3) is 0.0714. The van der Waals surface area contributed by atoms with Crippen LogP contribution >= 0.6 is 0 Å². The van der Waals surface area contributed by atoms with Crippen LogP contribution in [0.4, 0.5) is 70.0 Å². The Morgan fingerprint density at radius 2 is 0.808 bits per heavy atom. The van der Waals surface area contributed by atoms with E-state index in [9.17, 15) is 13.2 Å². The Balaban J connectivity index is 0.000000168. The summed E-state index contributed by atoms with van der Waals surface area (Å²) in [7, 11) is 3.74. The van der Waals surface area contributed by atoms with E-state index in [1.165, 1.54) is 0 Å². The summed E-state index contributed by atoms with van der Waals surface area (Å²) in [6, 6.07) is 51.6. The SMILES string of the molecule is CN1[CH-]N(c2[c-]c(N3[CH-]N(C)c4ccccc43)cc(C(F)(F)F)c2)c2ccccc21.[Ir].[c-]1ccccc1N1[CH-]N(c2[c-]cccc2)c2ccccc21. The molecule has 0 bridgehead atoms. The van der Waals surface area contributed by atoms with Gasteiger partial charge in [0.25, 0.3) is 0 Å². The van der Waals surface area contributed by atoms with Crippen molar-refractivity contribution in [3.63, 3.8) is 0 Å². The summed E-state index contributed by atoms with van der Waals surface area (Å²) in [5.74, 6) is 0. The first-order valence-electron chi connectivity index (χ1n) is 16.3. The molecule has 0 saturated heterocycles. The van der Waals surface area contributed by atoms with Crippen molar-refractivity contribution in [2.24, 2.45) is 0 Å². The molecule has 0 unspecified atom stereocenters. The van der Waals surface area contributed by atoms with Gasteiger partial charge in [-0.2, -0.15) is 87.2 Å². The normalized spacial score (nSPS) is 14.4. The number of halogens is 3. The molecule has 6 nitrogen and oxygen atoms in total. The fourth-order valence-corrected chi connectivity index (χ4v) is 6.44. The van der Waals surface area contributed by atoms with Gasteiger partial charge in [0.1, 0.15) is 0 Å². The number of benzene rings is 6. The van der Waals surface area contributed by atoms with Gasteiger partial charge in [-0.25, -0.2) is 0 Å². The summed E-state index contributed by atoms with van der Waals surface area (Å²) in [6.45, 7) is 5.63. The van der Waals surface area contributed by atoms with Gasteiger partial charge < -0.3 is 29.4 Å². The molecule has 0 saturated carbocycles. The summed E-state index contributed by atoms with van der Waals surface area (Å²) in [4.78, 5) is 11.5. The maximum Gasteiger partial charge on any atom is 0.394 e. The summed E-state index contributed by atoms with van der Waals surface area (Å²) in [6.07, 6.45) is -4.48. The van der Waals surface area contributed by atoms with E-state index < -0.39 is 11.7 Å². The summed E-state index contributed by atoms with van der Waals surface area (Å²) >= 11 is 0. The Morgan fingerprint density at radius 3 is 1.17 bits per heavy atom. The molecule has 6 aromatic rings. The zero-order chi connectivity index (χ0) is 35.1. The smallest absolute Gasteiger partial charge is 0.394 e. The zero-order valence-electron chi connectivity index (χ0n) is 28.1. The predicted molar refractivity (Wildman–Crippen MR) is 198 cm³/mol. The minimum Gasteiger partial charge on any atom is -0.504 e. The monoisotopic (exact) mass is 869 g/mol. The van der Waals surface area contributed by atoms with Crippen molar-refractivity contribution in [3.05, 3.63) is 177 Å². The summed E-state index contributed by atoms with van der Waals surface area (Å²) in [5, 5.41) is 0. The third-order valence-electron chi connectivity index (χ3n) is 8.84. The van der Waals surface area contributed by atoms with Crippen LogP contribution in [0.15, 0.2) is 133 Å². The van der Waals surface area contributed by atoms with E-state index in [4.69, 9.17) is 0 Å². The number of para-hydroxylation sites is 8. The van der Waals surface area contributed by atoms with Crippen molar-refractivity contribution < 1.29 is 33.3 Å². The van der Waals surface area contributed by atoms with E-state index >= 15 is 0 Å². The van der Waals surface area contributed by atoms with Gasteiger partial charge in [-0.15, -0.1) is 47.6 Å². The Hall–Kier alpha value is -5.44. The molecule has 52 heavy (non-hydrogen) atoms. The molecular formula is C42H31F3IrN6-6. The molecule has 3 aliphatic heterocycles. The molecule has 3 heterocycles. The average Bonchev–Trinajstić information content (AvgIpc) is 3.83. The van der Waals surface area contributed by atoms with Crippen molar-refractivity contribution >= 4 is 56.9 Å². The molecule has 0 atom stereocenters. The number of fused-ring (bicyclic) bond motifs is 3. The topological polar surface area (TPSA) is 19.4 Å². The number of nitrogens with zero attached hydrogens (tertiary/aromatic N) is 6. The van der Waals surface area contributed by atoms with Crippen LogP contribution in [0.5, 0.6) is 0 Å². The molecule has 10 heteroatoms. The summed E-state index contributed by atoms with van der Waals surface area (Å²) in [5.41, 5.74) is 7.77. The van der Waals surface area contributed by atoms with Gasteiger partial charge >= 0.3 is 6.18 Å². The van der Waals surface area contributed by atoms with Crippen LogP contribution in [-0.2, 0) is 26.3 Å². The van der Waals surface area contributed by atoms with Crippen molar-refractivity contribution in [1.82, 2.24) is 0 Å². The largest absolute Gasteiger partial charge is 0.504 e. The van der Waals surface area contributed by atoms with E-state index in [2.05, 4.69) is 71.1 Å². The molecule has 265 valence electrons. The van der Waals surface area contributed by atoms with Gasteiger partial charge in [0, 0.05) is 54.2 Å². The minimum absolute atomic E-state index is 0. The van der Waals surface area contributed by atoms with Crippen LogP contribution in [0.25, 0.3) is 0 Å². The van der Waals surface area contributed by atoms with Gasteiger partial charge in [-0.05, 0) is 50.5 Å². The molecule has 0 aliphatic carbocycles. The van der Waals surface area contributed by atoms with E-state index in [0.717, 1.165) is 57.6 Å². The van der Waals surface area contributed by atoms with E-state index in [1.807, 2.05) is 109 Å². The Morgan fingerprint density at radius 1 is 0.462 bits per heavy atom. The average molecular weight is 869 g/mol. The maximum atomic E-state index is 13.8. The molecule has 3 aliphatic rings. The first-order valence-corrected chi connectivity index (χ1v) is 16.3. The second-order valence-corrected chi connectivity index (χ2v) is 12.1. The zero-order valence-corrected chi connectivity index (χ0v) is 30.5. The van der Waals surface area contributed by atoms with E-state index in [1.54, 1.807) is 23.1 Å². The van der Waals surface area contributed by atoms with Gasteiger partial charge in [0.05, 0.1) is 0 Å². The third kappa shape index (κ3) is 6.56. The van der Waals surface area contributed by atoms with Gasteiger partial charge in [0.2, 0.25) is 0 Å². The van der Waals surface area contributed by atoms with Crippen LogP contribution in [-0.4, -0.2) is 14.1 Å². The Labute approximate surface area is 315 Å².